The summed E-state index contributed by atoms with van der Waals surface area (Å²) in [6, 6.07) is 31.1. The van der Waals surface area contributed by atoms with Gasteiger partial charge in [-0.3, -0.25) is 0 Å². The molecule has 0 aliphatic rings. The molecule has 4 aromatic carbocycles. The molecule has 6 aromatic rings. The van der Waals surface area contributed by atoms with E-state index in [-0.39, 0.29) is 6.61 Å². The molecule has 6 rings (SSSR count). The van der Waals surface area contributed by atoms with E-state index in [1.807, 2.05) is 116 Å². The lowest BCUT2D eigenvalue weighted by Gasteiger charge is -2.13. The SMILES string of the molecule is CNCCNCCNc1nc(Nc2ccccc2)nc(Nc2ccc(/C=C/c3ccc(Nc4nc(NCCCOCCOCCO)nc(Nc5ccccc5)n4)cc3S)c(S)c2)n1. The van der Waals surface area contributed by atoms with Gasteiger partial charge in [0.15, 0.2) is 0 Å². The number of hydrogen-bond acceptors (Lipinski definition) is 19. The average molecular weight is 891 g/mol. The fraction of sp³-hybridized carbons (Fsp3) is 0.273. The van der Waals surface area contributed by atoms with Gasteiger partial charge in [-0.25, -0.2) is 0 Å². The van der Waals surface area contributed by atoms with E-state index in [0.29, 0.717) is 75.2 Å². The second kappa shape index (κ2) is 25.8. The van der Waals surface area contributed by atoms with Crippen molar-refractivity contribution in [2.45, 2.75) is 16.2 Å². The summed E-state index contributed by atoms with van der Waals surface area (Å²) in [5.74, 6) is 2.38. The van der Waals surface area contributed by atoms with E-state index in [1.165, 1.54) is 0 Å². The lowest BCUT2D eigenvalue weighted by atomic mass is 10.1. The van der Waals surface area contributed by atoms with Gasteiger partial charge >= 0.3 is 0 Å². The molecule has 0 unspecified atom stereocenters. The highest BCUT2D eigenvalue weighted by molar-refractivity contribution is 7.80. The number of aliphatic hydroxyl groups is 1. The van der Waals surface area contributed by atoms with Crippen LogP contribution in [0, 0.1) is 0 Å². The zero-order valence-electron chi connectivity index (χ0n) is 35.0. The van der Waals surface area contributed by atoms with Crippen LogP contribution in [0.3, 0.4) is 0 Å². The molecule has 0 aliphatic carbocycles. The van der Waals surface area contributed by atoms with Gasteiger partial charge in [0.2, 0.25) is 35.7 Å². The number of anilines is 10. The summed E-state index contributed by atoms with van der Waals surface area (Å²) in [6.07, 6.45) is 4.72. The molecule has 0 saturated heterocycles. The molecule has 0 aliphatic heterocycles. The molecule has 0 fully saturated rings. The first kappa shape index (κ1) is 46.4. The van der Waals surface area contributed by atoms with E-state index >= 15 is 0 Å². The number of hydrogen-bond donors (Lipinski definition) is 11. The maximum absolute atomic E-state index is 8.82. The molecule has 0 bridgehead atoms. The van der Waals surface area contributed by atoms with Crippen LogP contribution in [0.1, 0.15) is 17.5 Å². The Bertz CT molecular complexity index is 2330. The molecule has 9 N–H and O–H groups in total. The van der Waals surface area contributed by atoms with Crippen molar-refractivity contribution in [3.8, 4) is 0 Å². The van der Waals surface area contributed by atoms with Crippen LogP contribution in [0.2, 0.25) is 0 Å². The maximum atomic E-state index is 8.82. The minimum absolute atomic E-state index is 0.00247. The second-order valence-corrected chi connectivity index (χ2v) is 14.7. The predicted molar refractivity (Wildman–Crippen MR) is 259 cm³/mol. The van der Waals surface area contributed by atoms with Gasteiger partial charge in [-0.15, -0.1) is 25.3 Å². The first-order valence-electron chi connectivity index (χ1n) is 20.6. The van der Waals surface area contributed by atoms with Crippen molar-refractivity contribution in [1.29, 1.82) is 0 Å². The highest BCUT2D eigenvalue weighted by Crippen LogP contribution is 2.28. The van der Waals surface area contributed by atoms with Crippen molar-refractivity contribution in [2.24, 2.45) is 0 Å². The molecule has 2 heterocycles. The lowest BCUT2D eigenvalue weighted by Crippen LogP contribution is -2.29. The van der Waals surface area contributed by atoms with Crippen LogP contribution in [-0.4, -0.2) is 108 Å². The van der Waals surface area contributed by atoms with Crippen molar-refractivity contribution in [2.75, 3.05) is 105 Å². The number of thiol groups is 2. The fourth-order valence-electron chi connectivity index (χ4n) is 5.76. The van der Waals surface area contributed by atoms with Crippen molar-refractivity contribution in [3.05, 3.63) is 108 Å². The Labute approximate surface area is 378 Å². The Kier molecular flexibility index (Phi) is 19.0. The van der Waals surface area contributed by atoms with Gasteiger partial charge in [0.05, 0.1) is 26.4 Å². The highest BCUT2D eigenvalue weighted by Gasteiger charge is 2.11. The predicted octanol–water partition coefficient (Wildman–Crippen LogP) is 6.83. The Morgan fingerprint density at radius 2 is 0.937 bits per heavy atom. The van der Waals surface area contributed by atoms with Crippen LogP contribution in [-0.2, 0) is 9.47 Å². The largest absolute Gasteiger partial charge is 0.394 e. The van der Waals surface area contributed by atoms with Crippen molar-refractivity contribution in [3.63, 3.8) is 0 Å². The summed E-state index contributed by atoms with van der Waals surface area (Å²) >= 11 is 9.61. The van der Waals surface area contributed by atoms with Crippen LogP contribution in [0.25, 0.3) is 12.2 Å². The lowest BCUT2D eigenvalue weighted by molar-refractivity contribution is 0.0331. The van der Waals surface area contributed by atoms with Gasteiger partial charge in [0.1, 0.15) is 0 Å². The van der Waals surface area contributed by atoms with E-state index < -0.39 is 0 Å². The average Bonchev–Trinajstić information content (AvgIpc) is 3.28. The minimum atomic E-state index is -0.00247. The summed E-state index contributed by atoms with van der Waals surface area (Å²) in [7, 11) is 1.93. The third kappa shape index (κ3) is 16.3. The number of rotatable bonds is 27. The Hall–Kier alpha value is -6.06. The third-order valence-electron chi connectivity index (χ3n) is 8.84. The molecule has 0 spiro atoms. The number of nitrogens with one attached hydrogen (secondary N) is 8. The Morgan fingerprint density at radius 1 is 0.492 bits per heavy atom. The minimum Gasteiger partial charge on any atom is -0.394 e. The number of nitrogens with zero attached hydrogens (tertiary/aromatic N) is 6. The second-order valence-electron chi connectivity index (χ2n) is 13.7. The van der Waals surface area contributed by atoms with Crippen LogP contribution in [0.4, 0.5) is 58.4 Å². The zero-order chi connectivity index (χ0) is 43.9. The standard InChI is InChI=1S/C44H54N14O3S2/c1-45-20-21-46-22-23-48-40-55-42(50-34-11-6-3-7-12-34)58-44(56-40)52-36-18-16-32(38(63)30-36)14-13-31-15-17-35(29-37(31)62)51-43-54-39(47-19-8-25-60-27-28-61-26-24-59)53-41(57-43)49-33-9-4-2-5-10-33/h2-7,9-18,29-30,45-46,59,62-63H,8,19-28H2,1H3,(H3,47,49,51,53,54,57)(H3,48,50,52,55,56,58)/b14-13+. The van der Waals surface area contributed by atoms with E-state index in [1.54, 1.807) is 0 Å². The number of para-hydroxylation sites is 2. The number of likely N-dealkylation sites (N-methyl/N-ethyl adjacent to an activating group) is 1. The first-order valence-corrected chi connectivity index (χ1v) is 21.5. The van der Waals surface area contributed by atoms with Crippen LogP contribution in [0.15, 0.2) is 107 Å². The van der Waals surface area contributed by atoms with Gasteiger partial charge in [-0.2, -0.15) is 29.9 Å². The summed E-state index contributed by atoms with van der Waals surface area (Å²) in [5, 5.41) is 35.0. The molecule has 17 nitrogen and oxygen atoms in total. The molecule has 63 heavy (non-hydrogen) atoms. The molecule has 2 aromatic heterocycles. The quantitative estimate of drug-likeness (QED) is 0.0145. The number of aliphatic hydroxyl groups excluding tert-OH is 1. The normalized spacial score (nSPS) is 11.1. The molecule has 19 heteroatoms. The van der Waals surface area contributed by atoms with Crippen molar-refractivity contribution < 1.29 is 14.6 Å². The van der Waals surface area contributed by atoms with Crippen molar-refractivity contribution in [1.82, 2.24) is 40.5 Å². The molecule has 0 amide bonds. The summed E-state index contributed by atoms with van der Waals surface area (Å²) in [4.78, 5) is 29.2. The van der Waals surface area contributed by atoms with Gasteiger partial charge < -0.3 is 57.1 Å². The van der Waals surface area contributed by atoms with Gasteiger partial charge in [0, 0.05) is 71.9 Å². The van der Waals surface area contributed by atoms with Gasteiger partial charge in [-0.1, -0.05) is 60.7 Å². The zero-order valence-corrected chi connectivity index (χ0v) is 36.8. The van der Waals surface area contributed by atoms with Gasteiger partial charge in [-0.05, 0) is 73.1 Å². The summed E-state index contributed by atoms with van der Waals surface area (Å²) < 4.78 is 10.8. The smallest absolute Gasteiger partial charge is 0.233 e. The molecule has 0 radical (unpaired) electrons. The van der Waals surface area contributed by atoms with Crippen LogP contribution in [0.5, 0.6) is 0 Å². The molecule has 330 valence electrons. The molecule has 0 atom stereocenters. The number of benzene rings is 4. The molecular weight excluding hydrogens is 837 g/mol. The fourth-order valence-corrected chi connectivity index (χ4v) is 6.34. The van der Waals surface area contributed by atoms with Crippen LogP contribution >= 0.6 is 25.3 Å². The monoisotopic (exact) mass is 890 g/mol. The molecule has 0 saturated carbocycles. The van der Waals surface area contributed by atoms with E-state index in [4.69, 9.17) is 39.8 Å². The Morgan fingerprint density at radius 3 is 1.41 bits per heavy atom. The van der Waals surface area contributed by atoms with Gasteiger partial charge in [0.25, 0.3) is 0 Å². The first-order chi connectivity index (χ1) is 30.9. The van der Waals surface area contributed by atoms with E-state index in [2.05, 4.69) is 72.4 Å². The van der Waals surface area contributed by atoms with Crippen LogP contribution < -0.4 is 42.5 Å². The topological polar surface area (TPSA) is 212 Å². The maximum Gasteiger partial charge on any atom is 0.233 e. The van der Waals surface area contributed by atoms with E-state index in [0.717, 1.165) is 69.7 Å². The number of aromatic nitrogens is 6. The Balaban J connectivity index is 1.08. The summed E-state index contributed by atoms with van der Waals surface area (Å²) in [5.41, 5.74) is 5.05. The summed E-state index contributed by atoms with van der Waals surface area (Å²) in [6.45, 7) is 5.47. The third-order valence-corrected chi connectivity index (χ3v) is 9.61. The highest BCUT2D eigenvalue weighted by atomic mass is 32.1. The molecular formula is C44H54N14O3S2. The number of ether oxygens (including phenoxy) is 2. The van der Waals surface area contributed by atoms with E-state index in [9.17, 15) is 0 Å². The van der Waals surface area contributed by atoms with Crippen molar-refractivity contribution >= 4 is 95.8 Å².